The molecule has 4 rings (SSSR count). The second-order valence-electron chi connectivity index (χ2n) is 8.11. The normalized spacial score (nSPS) is 17.4. The van der Waals surface area contributed by atoms with Crippen LogP contribution in [0.2, 0.25) is 0 Å². The number of aliphatic hydroxyl groups excluding tert-OH is 1. The predicted molar refractivity (Wildman–Crippen MR) is 125 cm³/mol. The van der Waals surface area contributed by atoms with Crippen LogP contribution in [0.15, 0.2) is 66.4 Å². The number of halogens is 3. The molecule has 1 amide bonds. The molecule has 36 heavy (non-hydrogen) atoms. The van der Waals surface area contributed by atoms with Gasteiger partial charge in [0.15, 0.2) is 0 Å². The van der Waals surface area contributed by atoms with Crippen LogP contribution in [-0.4, -0.2) is 35.3 Å². The molecule has 1 atom stereocenters. The molecule has 0 saturated carbocycles. The second-order valence-corrected chi connectivity index (χ2v) is 8.11. The first-order valence-corrected chi connectivity index (χ1v) is 10.7. The van der Waals surface area contributed by atoms with Crippen molar-refractivity contribution < 1.29 is 37.3 Å². The van der Waals surface area contributed by atoms with E-state index in [-0.39, 0.29) is 17.0 Å². The van der Waals surface area contributed by atoms with Gasteiger partial charge in [0.2, 0.25) is 0 Å². The van der Waals surface area contributed by atoms with Crippen molar-refractivity contribution in [3.8, 4) is 11.5 Å². The van der Waals surface area contributed by atoms with Crippen molar-refractivity contribution in [3.05, 3.63) is 88.8 Å². The molecule has 0 bridgehead atoms. The maximum atomic E-state index is 13.2. The summed E-state index contributed by atoms with van der Waals surface area (Å²) in [5.41, 5.74) is 1.54. The molecule has 1 unspecified atom stereocenters. The summed E-state index contributed by atoms with van der Waals surface area (Å²) in [4.78, 5) is 31.7. The van der Waals surface area contributed by atoms with Crippen LogP contribution < -0.4 is 14.4 Å². The van der Waals surface area contributed by atoms with Crippen molar-refractivity contribution in [2.45, 2.75) is 26.3 Å². The predicted octanol–water partition coefficient (Wildman–Crippen LogP) is 5.23. The molecule has 0 spiro atoms. The van der Waals surface area contributed by atoms with Gasteiger partial charge in [-0.25, -0.2) is 0 Å². The molecule has 1 N–H and O–H groups in total. The number of aromatic nitrogens is 1. The monoisotopic (exact) mass is 498 g/mol. The van der Waals surface area contributed by atoms with E-state index in [4.69, 9.17) is 4.74 Å². The Morgan fingerprint density at radius 2 is 1.78 bits per heavy atom. The van der Waals surface area contributed by atoms with Crippen LogP contribution in [0.4, 0.5) is 18.9 Å². The molecule has 7 nitrogen and oxygen atoms in total. The summed E-state index contributed by atoms with van der Waals surface area (Å²) in [6.07, 6.45) is -3.50. The van der Waals surface area contributed by atoms with Crippen molar-refractivity contribution in [1.82, 2.24) is 4.98 Å². The molecule has 1 aliphatic heterocycles. The van der Waals surface area contributed by atoms with Gasteiger partial charge < -0.3 is 14.6 Å². The van der Waals surface area contributed by atoms with E-state index in [0.717, 1.165) is 17.0 Å². The van der Waals surface area contributed by atoms with Crippen LogP contribution in [0.3, 0.4) is 0 Å². The van der Waals surface area contributed by atoms with Crippen LogP contribution >= 0.6 is 0 Å². The second kappa shape index (κ2) is 9.37. The van der Waals surface area contributed by atoms with E-state index < -0.39 is 35.6 Å². The molecule has 3 aromatic rings. The summed E-state index contributed by atoms with van der Waals surface area (Å²) in [6, 6.07) is 11.6. The molecule has 186 valence electrons. The quantitative estimate of drug-likeness (QED) is 0.294. The third-order valence-corrected chi connectivity index (χ3v) is 5.74. The van der Waals surface area contributed by atoms with Crippen LogP contribution in [0.25, 0.3) is 5.76 Å². The molecule has 10 heteroatoms. The lowest BCUT2D eigenvalue weighted by atomic mass is 9.95. The largest absolute Gasteiger partial charge is 0.573 e. The summed E-state index contributed by atoms with van der Waals surface area (Å²) in [7, 11) is 1.50. The van der Waals surface area contributed by atoms with Crippen molar-refractivity contribution in [2.24, 2.45) is 0 Å². The number of aliphatic hydroxyl groups is 1. The number of hydrogen-bond donors (Lipinski definition) is 1. The lowest BCUT2D eigenvalue weighted by Gasteiger charge is -2.25. The van der Waals surface area contributed by atoms with Gasteiger partial charge in [-0.1, -0.05) is 12.1 Å². The average Bonchev–Trinajstić information content (AvgIpc) is 3.10. The molecule has 1 saturated heterocycles. The fraction of sp³-hybridized carbons (Fsp3) is 0.192. The number of hydrogen-bond acceptors (Lipinski definition) is 6. The Kier molecular flexibility index (Phi) is 6.45. The van der Waals surface area contributed by atoms with Crippen LogP contribution in [0.5, 0.6) is 11.5 Å². The minimum atomic E-state index is -4.95. The number of anilines is 1. The van der Waals surface area contributed by atoms with Gasteiger partial charge in [0.1, 0.15) is 23.3 Å². The Labute approximate surface area is 204 Å². The van der Waals surface area contributed by atoms with Gasteiger partial charge in [-0.05, 0) is 61.4 Å². The minimum absolute atomic E-state index is 0.0313. The van der Waals surface area contributed by atoms with E-state index in [2.05, 4.69) is 9.72 Å². The Morgan fingerprint density at radius 3 is 2.42 bits per heavy atom. The number of ether oxygens (including phenoxy) is 2. The summed E-state index contributed by atoms with van der Waals surface area (Å²) < 4.78 is 47.7. The van der Waals surface area contributed by atoms with E-state index in [9.17, 15) is 27.9 Å². The number of aryl methyl sites for hydroxylation is 2. The standard InChI is InChI=1S/C26H21F3N2O5/c1-14-12-20(35-3)15(2)11-18(14)23(32)21-22(19-9-4-5-10-30-19)31(25(34)24(21)33)16-7-6-8-17(13-16)36-26(27,28)29/h4-13,22,32H,1-3H3/b23-21+. The van der Waals surface area contributed by atoms with Crippen molar-refractivity contribution in [1.29, 1.82) is 0 Å². The summed E-state index contributed by atoms with van der Waals surface area (Å²) in [5, 5.41) is 11.3. The fourth-order valence-corrected chi connectivity index (χ4v) is 4.16. The Balaban J connectivity index is 1.92. The van der Waals surface area contributed by atoms with Crippen LogP contribution in [0.1, 0.15) is 28.4 Å². The SMILES string of the molecule is COc1cc(C)c(/C(O)=C2\C(=O)C(=O)N(c3cccc(OC(F)(F)F)c3)C2c2ccccn2)cc1C. The van der Waals surface area contributed by atoms with Crippen molar-refractivity contribution in [3.63, 3.8) is 0 Å². The number of ketones is 1. The third-order valence-electron chi connectivity index (χ3n) is 5.74. The lowest BCUT2D eigenvalue weighted by molar-refractivity contribution is -0.274. The third kappa shape index (κ3) is 4.61. The number of pyridine rings is 1. The smallest absolute Gasteiger partial charge is 0.507 e. The van der Waals surface area contributed by atoms with E-state index in [1.807, 2.05) is 0 Å². The highest BCUT2D eigenvalue weighted by atomic mass is 19.4. The molecule has 1 aromatic heterocycles. The Hall–Kier alpha value is -4.34. The van der Waals surface area contributed by atoms with Crippen LogP contribution in [-0.2, 0) is 9.59 Å². The van der Waals surface area contributed by atoms with Gasteiger partial charge >= 0.3 is 6.36 Å². The van der Waals surface area contributed by atoms with E-state index in [1.165, 1.54) is 25.4 Å². The molecule has 2 heterocycles. The van der Waals surface area contributed by atoms with Crippen molar-refractivity contribution in [2.75, 3.05) is 12.0 Å². The number of amides is 1. The molecular weight excluding hydrogens is 477 g/mol. The number of nitrogens with zero attached hydrogens (tertiary/aromatic N) is 2. The summed E-state index contributed by atoms with van der Waals surface area (Å²) >= 11 is 0. The average molecular weight is 498 g/mol. The van der Waals surface area contributed by atoms with Gasteiger partial charge in [0, 0.05) is 23.5 Å². The highest BCUT2D eigenvalue weighted by molar-refractivity contribution is 6.51. The van der Waals surface area contributed by atoms with Gasteiger partial charge in [-0.2, -0.15) is 0 Å². The van der Waals surface area contributed by atoms with Gasteiger partial charge in [-0.15, -0.1) is 13.2 Å². The topological polar surface area (TPSA) is 89.0 Å². The van der Waals surface area contributed by atoms with Gasteiger partial charge in [0.05, 0.1) is 18.4 Å². The molecular formula is C26H21F3N2O5. The Morgan fingerprint density at radius 1 is 1.03 bits per heavy atom. The highest BCUT2D eigenvalue weighted by Gasteiger charge is 2.48. The molecule has 2 aromatic carbocycles. The minimum Gasteiger partial charge on any atom is -0.507 e. The number of carbonyl (C=O) groups excluding carboxylic acids is 2. The zero-order valence-corrected chi connectivity index (χ0v) is 19.5. The van der Waals surface area contributed by atoms with E-state index >= 15 is 0 Å². The maximum absolute atomic E-state index is 13.2. The van der Waals surface area contributed by atoms with Gasteiger partial charge in [-0.3, -0.25) is 19.5 Å². The highest BCUT2D eigenvalue weighted by Crippen LogP contribution is 2.43. The fourth-order valence-electron chi connectivity index (χ4n) is 4.16. The Bertz CT molecular complexity index is 1370. The first-order valence-electron chi connectivity index (χ1n) is 10.7. The number of carbonyl (C=O) groups is 2. The number of benzene rings is 2. The molecule has 0 radical (unpaired) electrons. The molecule has 0 aliphatic carbocycles. The molecule has 1 aliphatic rings. The zero-order chi connectivity index (χ0) is 26.2. The van der Waals surface area contributed by atoms with Gasteiger partial charge in [0.25, 0.3) is 11.7 Å². The number of rotatable bonds is 5. The first-order chi connectivity index (χ1) is 17.0. The first kappa shape index (κ1) is 24.8. The van der Waals surface area contributed by atoms with Crippen molar-refractivity contribution >= 4 is 23.1 Å². The number of Topliss-reactive ketones (excluding diaryl/α,β-unsaturated/α-hetero) is 1. The van der Waals surface area contributed by atoms with Crippen LogP contribution in [0, 0.1) is 13.8 Å². The summed E-state index contributed by atoms with van der Waals surface area (Å²) in [5.74, 6) is -2.45. The van der Waals surface area contributed by atoms with E-state index in [0.29, 0.717) is 22.4 Å². The maximum Gasteiger partial charge on any atom is 0.573 e. The lowest BCUT2D eigenvalue weighted by Crippen LogP contribution is -2.30. The summed E-state index contributed by atoms with van der Waals surface area (Å²) in [6.45, 7) is 3.47. The zero-order valence-electron chi connectivity index (χ0n) is 19.5. The van der Waals surface area contributed by atoms with E-state index in [1.54, 1.807) is 44.2 Å². The molecule has 1 fully saturated rings. The number of alkyl halides is 3. The number of methoxy groups -OCH3 is 1.